The van der Waals surface area contributed by atoms with Crippen LogP contribution in [-0.4, -0.2) is 44.5 Å². The predicted molar refractivity (Wildman–Crippen MR) is 91.7 cm³/mol. The Hall–Kier alpha value is -1.40. The van der Waals surface area contributed by atoms with Crippen molar-refractivity contribution in [2.75, 3.05) is 25.9 Å². The van der Waals surface area contributed by atoms with Crippen LogP contribution >= 0.6 is 0 Å². The molecule has 0 aliphatic carbocycles. The van der Waals surface area contributed by atoms with Crippen molar-refractivity contribution >= 4 is 15.9 Å². The summed E-state index contributed by atoms with van der Waals surface area (Å²) >= 11 is 0. The van der Waals surface area contributed by atoms with E-state index in [1.807, 2.05) is 6.07 Å². The van der Waals surface area contributed by atoms with Gasteiger partial charge in [-0.25, -0.2) is 12.7 Å². The Bertz CT molecular complexity index is 643. The van der Waals surface area contributed by atoms with Crippen LogP contribution in [0.2, 0.25) is 0 Å². The predicted octanol–water partition coefficient (Wildman–Crippen LogP) is 1.72. The van der Waals surface area contributed by atoms with Crippen molar-refractivity contribution in [2.24, 2.45) is 5.92 Å². The highest BCUT2D eigenvalue weighted by atomic mass is 32.2. The van der Waals surface area contributed by atoms with Crippen molar-refractivity contribution in [1.82, 2.24) is 9.62 Å². The number of amides is 1. The van der Waals surface area contributed by atoms with Crippen molar-refractivity contribution in [2.45, 2.75) is 32.6 Å². The van der Waals surface area contributed by atoms with Crippen LogP contribution in [0.4, 0.5) is 0 Å². The summed E-state index contributed by atoms with van der Waals surface area (Å²) in [7, 11) is -3.20. The van der Waals surface area contributed by atoms with E-state index in [1.165, 1.54) is 21.7 Å². The van der Waals surface area contributed by atoms with Gasteiger partial charge in [-0.2, -0.15) is 0 Å². The van der Waals surface area contributed by atoms with Gasteiger partial charge in [-0.1, -0.05) is 29.8 Å². The standard InChI is InChI=1S/C17H26N2O3S/c1-14-6-3-7-15(12-14)8-4-10-18-17(20)16-9-5-11-19(13-16)23(2,21)22/h3,6-7,12,16H,4-5,8-11,13H2,1-2H3,(H,18,20)/t16-/m0/s1. The van der Waals surface area contributed by atoms with Gasteiger partial charge in [0.15, 0.2) is 0 Å². The molecule has 1 saturated heterocycles. The maximum atomic E-state index is 12.2. The molecule has 0 bridgehead atoms. The number of hydrogen-bond donors (Lipinski definition) is 1. The number of aryl methyl sites for hydroxylation is 2. The Labute approximate surface area is 139 Å². The van der Waals surface area contributed by atoms with Gasteiger partial charge in [-0.3, -0.25) is 4.79 Å². The molecule has 1 aliphatic heterocycles. The monoisotopic (exact) mass is 338 g/mol. The van der Waals surface area contributed by atoms with Gasteiger partial charge in [0.1, 0.15) is 0 Å². The zero-order chi connectivity index (χ0) is 16.9. The van der Waals surface area contributed by atoms with Gasteiger partial charge in [0.05, 0.1) is 12.2 Å². The highest BCUT2D eigenvalue weighted by Gasteiger charge is 2.29. The molecule has 0 unspecified atom stereocenters. The Morgan fingerprint density at radius 2 is 2.17 bits per heavy atom. The second kappa shape index (κ2) is 7.93. The fraction of sp³-hybridized carbons (Fsp3) is 0.588. The molecular formula is C17H26N2O3S. The summed E-state index contributed by atoms with van der Waals surface area (Å²) in [6.07, 6.45) is 4.53. The molecule has 1 amide bonds. The van der Waals surface area contributed by atoms with Crippen LogP contribution in [0.25, 0.3) is 0 Å². The fourth-order valence-corrected chi connectivity index (χ4v) is 3.89. The number of nitrogens with one attached hydrogen (secondary N) is 1. The lowest BCUT2D eigenvalue weighted by Crippen LogP contribution is -2.45. The third kappa shape index (κ3) is 5.62. The van der Waals surface area contributed by atoms with Crippen LogP contribution in [0.3, 0.4) is 0 Å². The van der Waals surface area contributed by atoms with E-state index >= 15 is 0 Å². The van der Waals surface area contributed by atoms with E-state index < -0.39 is 10.0 Å². The molecule has 6 heteroatoms. The van der Waals surface area contributed by atoms with E-state index in [4.69, 9.17) is 0 Å². The van der Waals surface area contributed by atoms with E-state index in [0.29, 0.717) is 19.6 Å². The molecule has 23 heavy (non-hydrogen) atoms. The summed E-state index contributed by atoms with van der Waals surface area (Å²) in [6.45, 7) is 3.53. The van der Waals surface area contributed by atoms with Gasteiger partial charge in [0, 0.05) is 19.6 Å². The molecule has 0 radical (unpaired) electrons. The molecule has 5 nitrogen and oxygen atoms in total. The first-order valence-corrected chi connectivity index (χ1v) is 9.99. The van der Waals surface area contributed by atoms with Crippen LogP contribution in [-0.2, 0) is 21.2 Å². The largest absolute Gasteiger partial charge is 0.356 e. The molecule has 0 spiro atoms. The molecule has 1 fully saturated rings. The summed E-state index contributed by atoms with van der Waals surface area (Å²) in [5.41, 5.74) is 2.52. The second-order valence-corrected chi connectivity index (χ2v) is 8.33. The molecular weight excluding hydrogens is 312 g/mol. The summed E-state index contributed by atoms with van der Waals surface area (Å²) < 4.78 is 24.6. The van der Waals surface area contributed by atoms with E-state index in [9.17, 15) is 13.2 Å². The van der Waals surface area contributed by atoms with Gasteiger partial charge < -0.3 is 5.32 Å². The number of piperidine rings is 1. The number of rotatable bonds is 6. The Kier molecular flexibility index (Phi) is 6.18. The molecule has 1 heterocycles. The molecule has 128 valence electrons. The first-order valence-electron chi connectivity index (χ1n) is 8.14. The number of sulfonamides is 1. The second-order valence-electron chi connectivity index (χ2n) is 6.34. The number of nitrogens with zero attached hydrogens (tertiary/aromatic N) is 1. The molecule has 2 rings (SSSR count). The number of benzene rings is 1. The first kappa shape index (κ1) is 17.9. The summed E-state index contributed by atoms with van der Waals surface area (Å²) in [5, 5.41) is 2.95. The van der Waals surface area contributed by atoms with Crippen LogP contribution in [0.1, 0.15) is 30.4 Å². The Morgan fingerprint density at radius 3 is 2.87 bits per heavy atom. The maximum Gasteiger partial charge on any atom is 0.224 e. The average Bonchev–Trinajstić information content (AvgIpc) is 2.51. The lowest BCUT2D eigenvalue weighted by atomic mass is 9.98. The number of carbonyl (C=O) groups excluding carboxylic acids is 1. The van der Waals surface area contributed by atoms with Crippen LogP contribution in [0.5, 0.6) is 0 Å². The summed E-state index contributed by atoms with van der Waals surface area (Å²) in [4.78, 5) is 12.2. The SMILES string of the molecule is Cc1cccc(CCCNC(=O)[C@H]2CCCN(S(C)(=O)=O)C2)c1. The minimum Gasteiger partial charge on any atom is -0.356 e. The zero-order valence-electron chi connectivity index (χ0n) is 13.9. The molecule has 0 aromatic heterocycles. The quantitative estimate of drug-likeness (QED) is 0.803. The highest BCUT2D eigenvalue weighted by molar-refractivity contribution is 7.88. The summed E-state index contributed by atoms with van der Waals surface area (Å²) in [5.74, 6) is -0.250. The van der Waals surface area contributed by atoms with Crippen molar-refractivity contribution in [1.29, 1.82) is 0 Å². The van der Waals surface area contributed by atoms with Crippen LogP contribution in [0, 0.1) is 12.8 Å². The minimum absolute atomic E-state index is 0.0254. The maximum absolute atomic E-state index is 12.2. The molecule has 1 aliphatic rings. The van der Waals surface area contributed by atoms with Gasteiger partial charge in [0.2, 0.25) is 15.9 Å². The highest BCUT2D eigenvalue weighted by Crippen LogP contribution is 2.18. The van der Waals surface area contributed by atoms with Gasteiger partial charge in [0.25, 0.3) is 0 Å². The fourth-order valence-electron chi connectivity index (χ4n) is 2.97. The Morgan fingerprint density at radius 1 is 1.39 bits per heavy atom. The van der Waals surface area contributed by atoms with E-state index in [2.05, 4.69) is 30.4 Å². The van der Waals surface area contributed by atoms with Crippen LogP contribution in [0.15, 0.2) is 24.3 Å². The lowest BCUT2D eigenvalue weighted by molar-refractivity contribution is -0.126. The van der Waals surface area contributed by atoms with Crippen molar-refractivity contribution < 1.29 is 13.2 Å². The van der Waals surface area contributed by atoms with Crippen LogP contribution < -0.4 is 5.32 Å². The van der Waals surface area contributed by atoms with Crippen molar-refractivity contribution in [3.8, 4) is 0 Å². The van der Waals surface area contributed by atoms with Crippen molar-refractivity contribution in [3.05, 3.63) is 35.4 Å². The van der Waals surface area contributed by atoms with Gasteiger partial charge in [-0.05, 0) is 38.2 Å². The van der Waals surface area contributed by atoms with E-state index in [0.717, 1.165) is 25.7 Å². The van der Waals surface area contributed by atoms with E-state index in [-0.39, 0.29) is 11.8 Å². The van der Waals surface area contributed by atoms with E-state index in [1.54, 1.807) is 0 Å². The molecule has 1 N–H and O–H groups in total. The smallest absolute Gasteiger partial charge is 0.224 e. The third-order valence-corrected chi connectivity index (χ3v) is 5.52. The Balaban J connectivity index is 1.74. The molecule has 1 atom stereocenters. The normalized spacial score (nSPS) is 19.5. The molecule has 0 saturated carbocycles. The minimum atomic E-state index is -3.20. The first-order chi connectivity index (χ1) is 10.9. The molecule has 1 aromatic rings. The van der Waals surface area contributed by atoms with Gasteiger partial charge in [-0.15, -0.1) is 0 Å². The number of carbonyl (C=O) groups is 1. The average molecular weight is 338 g/mol. The lowest BCUT2D eigenvalue weighted by Gasteiger charge is -2.30. The van der Waals surface area contributed by atoms with Crippen molar-refractivity contribution in [3.63, 3.8) is 0 Å². The van der Waals surface area contributed by atoms with Gasteiger partial charge >= 0.3 is 0 Å². The topological polar surface area (TPSA) is 66.5 Å². The zero-order valence-corrected chi connectivity index (χ0v) is 14.7. The summed E-state index contributed by atoms with van der Waals surface area (Å²) in [6, 6.07) is 8.37. The number of hydrogen-bond acceptors (Lipinski definition) is 3. The third-order valence-electron chi connectivity index (χ3n) is 4.25. The molecule has 1 aromatic carbocycles.